The maximum absolute atomic E-state index is 11.3. The van der Waals surface area contributed by atoms with Gasteiger partial charge in [0.2, 0.25) is 4.96 Å². The number of ether oxygens (including phenoxy) is 1. The molecule has 14 heavy (non-hydrogen) atoms. The van der Waals surface area contributed by atoms with Gasteiger partial charge in [-0.3, -0.25) is 0 Å². The highest BCUT2D eigenvalue weighted by Crippen LogP contribution is 2.19. The van der Waals surface area contributed by atoms with Crippen LogP contribution in [0, 0.1) is 0 Å². The van der Waals surface area contributed by atoms with Gasteiger partial charge in [-0.2, -0.15) is 0 Å². The van der Waals surface area contributed by atoms with Crippen molar-refractivity contribution in [2.24, 2.45) is 0 Å². The third kappa shape index (κ3) is 1.64. The lowest BCUT2D eigenvalue weighted by Gasteiger charge is -1.95. The Morgan fingerprint density at radius 1 is 1.79 bits per heavy atom. The Bertz CT molecular complexity index is 447. The molecule has 0 radical (unpaired) electrons. The van der Waals surface area contributed by atoms with Crippen molar-refractivity contribution in [2.75, 3.05) is 6.61 Å². The number of rotatable bonds is 2. The number of carbonyl (C=O) groups is 1. The van der Waals surface area contributed by atoms with Crippen LogP contribution in [-0.2, 0) is 4.74 Å². The first-order chi connectivity index (χ1) is 6.70. The molecular weight excluding hydrogens is 270 g/mol. The monoisotopic (exact) mass is 275 g/mol. The van der Waals surface area contributed by atoms with Gasteiger partial charge in [0.25, 0.3) is 0 Å². The number of esters is 1. The number of fused-ring (bicyclic) bond motifs is 1. The number of hydrogen-bond acceptors (Lipinski definition) is 5. The molecule has 2 rings (SSSR count). The van der Waals surface area contributed by atoms with Gasteiger partial charge >= 0.3 is 5.97 Å². The molecule has 0 aliphatic heterocycles. The highest BCUT2D eigenvalue weighted by Gasteiger charge is 2.13. The summed E-state index contributed by atoms with van der Waals surface area (Å²) in [6.07, 6.45) is 1.55. The molecule has 5 nitrogen and oxygen atoms in total. The molecule has 0 bridgehead atoms. The van der Waals surface area contributed by atoms with Crippen LogP contribution in [-0.4, -0.2) is 27.2 Å². The lowest BCUT2D eigenvalue weighted by atomic mass is 10.5. The average molecular weight is 276 g/mol. The van der Waals surface area contributed by atoms with Crippen molar-refractivity contribution < 1.29 is 9.53 Å². The van der Waals surface area contributed by atoms with Gasteiger partial charge in [0.1, 0.15) is 0 Å². The maximum Gasteiger partial charge on any atom is 0.358 e. The summed E-state index contributed by atoms with van der Waals surface area (Å²) in [6, 6.07) is 0. The molecule has 0 aliphatic rings. The first kappa shape index (κ1) is 9.60. The topological polar surface area (TPSA) is 56.5 Å². The summed E-state index contributed by atoms with van der Waals surface area (Å²) >= 11 is 4.58. The Morgan fingerprint density at radius 3 is 3.21 bits per heavy atom. The van der Waals surface area contributed by atoms with Crippen LogP contribution in [0.5, 0.6) is 0 Å². The molecule has 74 valence electrons. The average Bonchev–Trinajstić information content (AvgIpc) is 2.61. The van der Waals surface area contributed by atoms with Gasteiger partial charge in [0, 0.05) is 0 Å². The molecule has 2 heterocycles. The van der Waals surface area contributed by atoms with Crippen molar-refractivity contribution >= 4 is 38.2 Å². The molecule has 0 amide bonds. The van der Waals surface area contributed by atoms with Gasteiger partial charge in [-0.25, -0.2) is 14.3 Å². The molecule has 0 saturated heterocycles. The molecule has 0 spiro atoms. The zero-order chi connectivity index (χ0) is 10.1. The second-order valence-corrected chi connectivity index (χ2v) is 4.66. The molecule has 0 fully saturated rings. The molecule has 0 N–H and O–H groups in total. The highest BCUT2D eigenvalue weighted by atomic mass is 79.9. The minimum absolute atomic E-state index is 0.290. The van der Waals surface area contributed by atoms with E-state index in [2.05, 4.69) is 26.0 Å². The van der Waals surface area contributed by atoms with E-state index in [0.717, 1.165) is 3.92 Å². The molecule has 0 aliphatic carbocycles. The van der Waals surface area contributed by atoms with Crippen molar-refractivity contribution in [3.05, 3.63) is 15.8 Å². The van der Waals surface area contributed by atoms with E-state index in [9.17, 15) is 4.79 Å². The van der Waals surface area contributed by atoms with Gasteiger partial charge in [-0.05, 0) is 22.9 Å². The fourth-order valence-corrected chi connectivity index (χ4v) is 2.19. The number of imidazole rings is 1. The summed E-state index contributed by atoms with van der Waals surface area (Å²) in [5.74, 6) is -0.415. The molecule has 0 aromatic carbocycles. The second kappa shape index (κ2) is 3.66. The number of halogens is 1. The van der Waals surface area contributed by atoms with Crippen LogP contribution in [0.25, 0.3) is 4.96 Å². The summed E-state index contributed by atoms with van der Waals surface area (Å²) in [7, 11) is 0. The van der Waals surface area contributed by atoms with Gasteiger partial charge in [-0.1, -0.05) is 11.3 Å². The van der Waals surface area contributed by atoms with Crippen molar-refractivity contribution in [3.63, 3.8) is 0 Å². The van der Waals surface area contributed by atoms with Crippen LogP contribution >= 0.6 is 27.3 Å². The summed E-state index contributed by atoms with van der Waals surface area (Å²) in [5.41, 5.74) is 0.290. The summed E-state index contributed by atoms with van der Waals surface area (Å²) in [6.45, 7) is 2.10. The maximum atomic E-state index is 11.3. The Hall–Kier alpha value is -0.950. The third-order valence-electron chi connectivity index (χ3n) is 1.50. The van der Waals surface area contributed by atoms with Crippen molar-refractivity contribution in [3.8, 4) is 0 Å². The molecule has 2 aromatic heterocycles. The van der Waals surface area contributed by atoms with Crippen LogP contribution in [0.4, 0.5) is 0 Å². The minimum Gasteiger partial charge on any atom is -0.461 e. The SMILES string of the molecule is CCOC(=O)c1cn2nc(Br)sc2n1. The molecule has 0 saturated carbocycles. The van der Waals surface area contributed by atoms with Gasteiger partial charge in [0.15, 0.2) is 9.61 Å². The molecule has 2 aromatic rings. The number of carbonyl (C=O) groups excluding carboxylic acids is 1. The van der Waals surface area contributed by atoms with Crippen LogP contribution in [0.3, 0.4) is 0 Å². The Labute approximate surface area is 91.8 Å². The first-order valence-corrected chi connectivity index (χ1v) is 5.50. The second-order valence-electron chi connectivity index (χ2n) is 2.43. The van der Waals surface area contributed by atoms with E-state index in [0.29, 0.717) is 11.6 Å². The van der Waals surface area contributed by atoms with E-state index in [1.54, 1.807) is 17.6 Å². The van der Waals surface area contributed by atoms with Crippen LogP contribution < -0.4 is 0 Å². The first-order valence-electron chi connectivity index (χ1n) is 3.89. The third-order valence-corrected chi connectivity index (χ3v) is 2.86. The van der Waals surface area contributed by atoms with Crippen molar-refractivity contribution in [2.45, 2.75) is 6.92 Å². The zero-order valence-electron chi connectivity index (χ0n) is 7.23. The Balaban J connectivity index is 2.36. The zero-order valence-corrected chi connectivity index (χ0v) is 9.63. The minimum atomic E-state index is -0.415. The van der Waals surface area contributed by atoms with Gasteiger partial charge < -0.3 is 4.74 Å². The standard InChI is InChI=1S/C7H6BrN3O2S/c1-2-13-5(12)4-3-11-7(9-4)14-6(8)10-11/h3H,2H2,1H3. The van der Waals surface area contributed by atoms with E-state index < -0.39 is 5.97 Å². The quantitative estimate of drug-likeness (QED) is 0.784. The summed E-state index contributed by atoms with van der Waals surface area (Å²) < 4.78 is 7.08. The molecule has 0 unspecified atom stereocenters. The van der Waals surface area contributed by atoms with Crippen LogP contribution in [0.1, 0.15) is 17.4 Å². The number of aromatic nitrogens is 3. The van der Waals surface area contributed by atoms with Crippen molar-refractivity contribution in [1.29, 1.82) is 0 Å². The Morgan fingerprint density at radius 2 is 2.57 bits per heavy atom. The number of nitrogens with zero attached hydrogens (tertiary/aromatic N) is 3. The van der Waals surface area contributed by atoms with Crippen LogP contribution in [0.2, 0.25) is 0 Å². The van der Waals surface area contributed by atoms with Crippen LogP contribution in [0.15, 0.2) is 10.1 Å². The van der Waals surface area contributed by atoms with Crippen molar-refractivity contribution in [1.82, 2.24) is 14.6 Å². The summed E-state index contributed by atoms with van der Waals surface area (Å²) in [4.78, 5) is 16.0. The number of hydrogen-bond donors (Lipinski definition) is 0. The smallest absolute Gasteiger partial charge is 0.358 e. The van der Waals surface area contributed by atoms with E-state index in [1.807, 2.05) is 0 Å². The largest absolute Gasteiger partial charge is 0.461 e. The van der Waals surface area contributed by atoms with Gasteiger partial charge in [-0.15, -0.1) is 5.10 Å². The normalized spacial score (nSPS) is 10.7. The fraction of sp³-hybridized carbons (Fsp3) is 0.286. The predicted molar refractivity (Wildman–Crippen MR) is 54.5 cm³/mol. The van der Waals surface area contributed by atoms with E-state index in [4.69, 9.17) is 4.74 Å². The predicted octanol–water partition coefficient (Wildman–Crippen LogP) is 1.73. The van der Waals surface area contributed by atoms with E-state index >= 15 is 0 Å². The summed E-state index contributed by atoms with van der Waals surface area (Å²) in [5, 5.41) is 4.06. The highest BCUT2D eigenvalue weighted by molar-refractivity contribution is 9.11. The fourth-order valence-electron chi connectivity index (χ4n) is 0.979. The molecular formula is C7H6BrN3O2S. The Kier molecular flexibility index (Phi) is 2.51. The molecule has 7 heteroatoms. The van der Waals surface area contributed by atoms with E-state index in [-0.39, 0.29) is 5.69 Å². The molecule has 0 atom stereocenters. The lowest BCUT2D eigenvalue weighted by Crippen LogP contribution is -2.04. The van der Waals surface area contributed by atoms with E-state index in [1.165, 1.54) is 11.3 Å². The van der Waals surface area contributed by atoms with Gasteiger partial charge in [0.05, 0.1) is 12.8 Å². The lowest BCUT2D eigenvalue weighted by molar-refractivity contribution is 0.0520.